The Morgan fingerprint density at radius 2 is 1.60 bits per heavy atom. The normalized spacial score (nSPS) is 22.5. The number of nitrogens with one attached hydrogen (secondary N) is 1. The molecule has 0 aliphatic carbocycles. The van der Waals surface area contributed by atoms with Crippen LogP contribution < -0.4 is 15.1 Å². The summed E-state index contributed by atoms with van der Waals surface area (Å²) >= 11 is 26.0. The molecule has 9 heteroatoms. The van der Waals surface area contributed by atoms with Gasteiger partial charge in [-0.15, -0.1) is 0 Å². The van der Waals surface area contributed by atoms with E-state index in [0.717, 1.165) is 57.8 Å². The highest BCUT2D eigenvalue weighted by Gasteiger charge is 2.42. The van der Waals surface area contributed by atoms with Gasteiger partial charge in [0.15, 0.2) is 5.11 Å². The summed E-state index contributed by atoms with van der Waals surface area (Å²) < 4.78 is 2.18. The van der Waals surface area contributed by atoms with Gasteiger partial charge in [-0.1, -0.05) is 54.7 Å². The fourth-order valence-corrected chi connectivity index (χ4v) is 7.96. The molecule has 1 N–H and O–H groups in total. The van der Waals surface area contributed by atoms with Crippen LogP contribution in [0.3, 0.4) is 0 Å². The molecule has 2 aliphatic heterocycles. The third kappa shape index (κ3) is 5.39. The summed E-state index contributed by atoms with van der Waals surface area (Å²) in [6.07, 6.45) is 3.07. The maximum Gasteiger partial charge on any atom is 0.174 e. The van der Waals surface area contributed by atoms with Gasteiger partial charge in [0.2, 0.25) is 0 Å². The number of hydrogen-bond acceptors (Lipinski definition) is 3. The summed E-state index contributed by atoms with van der Waals surface area (Å²) in [7, 11) is 0. The molecule has 2 fully saturated rings. The molecule has 4 heterocycles. The summed E-state index contributed by atoms with van der Waals surface area (Å²) in [4.78, 5) is 9.32. The molecule has 4 atom stereocenters. The van der Waals surface area contributed by atoms with Crippen molar-refractivity contribution in [1.82, 2.24) is 14.9 Å². The molecule has 2 aromatic heterocycles. The fourth-order valence-electron chi connectivity index (χ4n) is 6.83. The Morgan fingerprint density at radius 1 is 0.881 bits per heavy atom. The smallest absolute Gasteiger partial charge is 0.174 e. The molecule has 42 heavy (non-hydrogen) atoms. The van der Waals surface area contributed by atoms with Crippen LogP contribution in [0.25, 0.3) is 5.69 Å². The zero-order chi connectivity index (χ0) is 29.7. The van der Waals surface area contributed by atoms with Crippen LogP contribution in [-0.2, 0) is 0 Å². The molecule has 2 aliphatic rings. The number of hydrogen-bond donors (Lipinski definition) is 1. The first-order chi connectivity index (χ1) is 20.1. The number of aryl methyl sites for hydroxylation is 1. The van der Waals surface area contributed by atoms with Crippen molar-refractivity contribution in [2.24, 2.45) is 11.8 Å². The van der Waals surface area contributed by atoms with Gasteiger partial charge in [-0.2, -0.15) is 0 Å². The number of aromatic nitrogens is 2. The molecule has 4 aromatic rings. The molecule has 0 radical (unpaired) electrons. The Morgan fingerprint density at radius 3 is 2.26 bits per heavy atom. The molecule has 0 saturated carbocycles. The van der Waals surface area contributed by atoms with Crippen molar-refractivity contribution in [2.45, 2.75) is 46.2 Å². The number of rotatable bonds is 5. The van der Waals surface area contributed by atoms with Crippen molar-refractivity contribution >= 4 is 63.5 Å². The van der Waals surface area contributed by atoms with Gasteiger partial charge in [-0.3, -0.25) is 4.98 Å². The SMILES string of the molecule is Cc1cc([C@@H]2[C@H](c3ccccn3)NC(=S)N2c2ccc(N3C[C@H](C)C[C@@H](C)C3)c(Cl)c2)c(C)n1-c1ccc(Cl)cc1Cl. The monoisotopic (exact) mass is 637 g/mol. The van der Waals surface area contributed by atoms with Crippen molar-refractivity contribution in [3.05, 3.63) is 105 Å². The topological polar surface area (TPSA) is 36.3 Å². The van der Waals surface area contributed by atoms with E-state index < -0.39 is 0 Å². The fraction of sp³-hybridized carbons (Fsp3) is 0.333. The van der Waals surface area contributed by atoms with Crippen LogP contribution in [0.1, 0.15) is 55.0 Å². The lowest BCUT2D eigenvalue weighted by molar-refractivity contribution is 0.357. The van der Waals surface area contributed by atoms with Gasteiger partial charge in [0.05, 0.1) is 39.2 Å². The summed E-state index contributed by atoms with van der Waals surface area (Å²) in [6, 6.07) is 19.8. The van der Waals surface area contributed by atoms with Gasteiger partial charge >= 0.3 is 0 Å². The molecule has 218 valence electrons. The van der Waals surface area contributed by atoms with Crippen molar-refractivity contribution < 1.29 is 0 Å². The van der Waals surface area contributed by atoms with Crippen LogP contribution in [0.15, 0.2) is 66.9 Å². The summed E-state index contributed by atoms with van der Waals surface area (Å²) in [5.74, 6) is 1.26. The van der Waals surface area contributed by atoms with Gasteiger partial charge in [0.25, 0.3) is 0 Å². The third-order valence-electron chi connectivity index (χ3n) is 8.46. The predicted octanol–water partition coefficient (Wildman–Crippen LogP) is 9.11. The summed E-state index contributed by atoms with van der Waals surface area (Å²) in [6.45, 7) is 10.9. The second-order valence-corrected chi connectivity index (χ2v) is 13.4. The number of pyridine rings is 1. The van der Waals surface area contributed by atoms with Crippen molar-refractivity contribution in [3.63, 3.8) is 0 Å². The number of piperidine rings is 1. The molecule has 2 aromatic carbocycles. The van der Waals surface area contributed by atoms with Crippen LogP contribution in [0.5, 0.6) is 0 Å². The van der Waals surface area contributed by atoms with Gasteiger partial charge < -0.3 is 19.7 Å². The second-order valence-electron chi connectivity index (χ2n) is 11.7. The Labute approximate surface area is 268 Å². The molecule has 5 nitrogen and oxygen atoms in total. The standard InChI is InChI=1S/C33H34Cl3N5S/c1-19-13-20(2)18-39(17-19)29-11-9-24(16-27(29)36)41-32(31(38-33(41)42)28-7-5-6-12-37-28)25-14-21(3)40(22(25)4)30-10-8-23(34)15-26(30)35/h5-12,14-16,19-20,31-32H,13,17-18H2,1-4H3,(H,38,42)/t19-,20-,31+,32-/m1/s1. The first-order valence-electron chi connectivity index (χ1n) is 14.3. The first kappa shape index (κ1) is 29.3. The summed E-state index contributed by atoms with van der Waals surface area (Å²) in [5, 5.41) is 6.14. The van der Waals surface area contributed by atoms with Crippen LogP contribution in [-0.4, -0.2) is 27.8 Å². The van der Waals surface area contributed by atoms with Gasteiger partial charge in [0, 0.05) is 41.4 Å². The van der Waals surface area contributed by atoms with Crippen LogP contribution in [0, 0.1) is 25.7 Å². The Balaban J connectivity index is 1.45. The zero-order valence-corrected chi connectivity index (χ0v) is 27.2. The maximum absolute atomic E-state index is 7.03. The van der Waals surface area contributed by atoms with Gasteiger partial charge in [-0.25, -0.2) is 0 Å². The average molecular weight is 639 g/mol. The number of benzene rings is 2. The predicted molar refractivity (Wildman–Crippen MR) is 180 cm³/mol. The largest absolute Gasteiger partial charge is 0.370 e. The number of halogens is 3. The van der Waals surface area contributed by atoms with Crippen molar-refractivity contribution in [3.8, 4) is 5.69 Å². The van der Waals surface area contributed by atoms with E-state index in [-0.39, 0.29) is 12.1 Å². The Bertz CT molecular complexity index is 1630. The van der Waals surface area contributed by atoms with Crippen LogP contribution in [0.2, 0.25) is 15.1 Å². The van der Waals surface area contributed by atoms with E-state index in [9.17, 15) is 0 Å². The molecule has 0 amide bonds. The van der Waals surface area contributed by atoms with E-state index in [4.69, 9.17) is 52.0 Å². The molecule has 0 bridgehead atoms. The molecule has 0 spiro atoms. The summed E-state index contributed by atoms with van der Waals surface area (Å²) in [5.41, 5.74) is 7.07. The second kappa shape index (κ2) is 11.7. The van der Waals surface area contributed by atoms with Crippen molar-refractivity contribution in [2.75, 3.05) is 22.9 Å². The quantitative estimate of drug-likeness (QED) is 0.221. The lowest BCUT2D eigenvalue weighted by Crippen LogP contribution is -2.38. The van der Waals surface area contributed by atoms with Crippen LogP contribution in [0.4, 0.5) is 11.4 Å². The lowest BCUT2D eigenvalue weighted by atomic mass is 9.91. The van der Waals surface area contributed by atoms with Gasteiger partial charge in [0.1, 0.15) is 0 Å². The minimum absolute atomic E-state index is 0.171. The maximum atomic E-state index is 7.03. The molecule has 2 saturated heterocycles. The van der Waals surface area contributed by atoms with E-state index >= 15 is 0 Å². The number of anilines is 2. The minimum atomic E-state index is -0.171. The average Bonchev–Trinajstić information content (AvgIpc) is 3.43. The highest BCUT2D eigenvalue weighted by molar-refractivity contribution is 7.80. The molecular weight excluding hydrogens is 605 g/mol. The van der Waals surface area contributed by atoms with E-state index in [0.29, 0.717) is 27.0 Å². The number of thiocarbonyl (C=S) groups is 1. The highest BCUT2D eigenvalue weighted by Crippen LogP contribution is 2.45. The van der Waals surface area contributed by atoms with E-state index in [1.807, 2.05) is 36.5 Å². The van der Waals surface area contributed by atoms with E-state index in [2.05, 4.69) is 71.6 Å². The lowest BCUT2D eigenvalue weighted by Gasteiger charge is -2.37. The molecule has 0 unspecified atom stereocenters. The molecular formula is C33H34Cl3N5S. The van der Waals surface area contributed by atoms with Gasteiger partial charge in [-0.05, 0) is 104 Å². The van der Waals surface area contributed by atoms with Crippen LogP contribution >= 0.6 is 47.0 Å². The first-order valence-corrected chi connectivity index (χ1v) is 15.9. The minimum Gasteiger partial charge on any atom is -0.370 e. The number of nitrogens with zero attached hydrogens (tertiary/aromatic N) is 4. The van der Waals surface area contributed by atoms with E-state index in [1.165, 1.54) is 6.42 Å². The van der Waals surface area contributed by atoms with Crippen molar-refractivity contribution in [1.29, 1.82) is 0 Å². The third-order valence-corrected chi connectivity index (χ3v) is 9.61. The Hall–Kier alpha value is -2.77. The Kier molecular flexibility index (Phi) is 8.18. The molecule has 6 rings (SSSR count). The van der Waals surface area contributed by atoms with E-state index in [1.54, 1.807) is 6.07 Å². The highest BCUT2D eigenvalue weighted by atomic mass is 35.5. The zero-order valence-electron chi connectivity index (χ0n) is 24.1.